The molecule has 2 aromatic carbocycles. The molecule has 0 bridgehead atoms. The topological polar surface area (TPSA) is 114 Å². The first kappa shape index (κ1) is 21.9. The van der Waals surface area contributed by atoms with Crippen LogP contribution in [0.3, 0.4) is 0 Å². The van der Waals surface area contributed by atoms with Crippen molar-refractivity contribution in [2.24, 2.45) is 10.9 Å². The van der Waals surface area contributed by atoms with E-state index in [-0.39, 0.29) is 12.3 Å². The molecule has 0 aliphatic carbocycles. The van der Waals surface area contributed by atoms with Gasteiger partial charge in [-0.25, -0.2) is 0 Å². The molecule has 7 heteroatoms. The van der Waals surface area contributed by atoms with E-state index in [4.69, 9.17) is 10.6 Å². The van der Waals surface area contributed by atoms with Crippen LogP contribution in [0.2, 0.25) is 0 Å². The fourth-order valence-electron chi connectivity index (χ4n) is 3.02. The van der Waals surface area contributed by atoms with Gasteiger partial charge in [0.05, 0.1) is 25.8 Å². The average molecular weight is 397 g/mol. The number of aliphatic carboxylic acids is 1. The van der Waals surface area contributed by atoms with Gasteiger partial charge in [0.15, 0.2) is 0 Å². The number of aryl methyl sites for hydroxylation is 1. The van der Waals surface area contributed by atoms with Crippen LogP contribution < -0.4 is 15.9 Å². The summed E-state index contributed by atoms with van der Waals surface area (Å²) in [6.07, 6.45) is 4.19. The number of nitrogens with two attached hydrogens (primary N) is 1. The number of carboxylic acid groups (broad SMARTS) is 1. The summed E-state index contributed by atoms with van der Waals surface area (Å²) in [4.78, 5) is 23.5. The summed E-state index contributed by atoms with van der Waals surface area (Å²) in [7, 11) is 1.54. The Morgan fingerprint density at radius 2 is 1.97 bits per heavy atom. The molecule has 2 rings (SSSR count). The molecule has 154 valence electrons. The maximum Gasteiger partial charge on any atom is 0.305 e. The summed E-state index contributed by atoms with van der Waals surface area (Å²) in [5.41, 5.74) is 2.83. The van der Waals surface area contributed by atoms with Crippen molar-refractivity contribution in [3.63, 3.8) is 0 Å². The maximum atomic E-state index is 12.3. The number of nitrogens with one attached hydrogen (secondary N) is 1. The fraction of sp³-hybridized carbons (Fsp3) is 0.318. The van der Waals surface area contributed by atoms with Crippen molar-refractivity contribution < 1.29 is 19.4 Å². The van der Waals surface area contributed by atoms with Crippen molar-refractivity contribution in [1.29, 1.82) is 0 Å². The van der Waals surface area contributed by atoms with Crippen LogP contribution in [0.5, 0.6) is 5.75 Å². The van der Waals surface area contributed by atoms with E-state index in [1.54, 1.807) is 37.6 Å². The third-order valence-electron chi connectivity index (χ3n) is 4.53. The zero-order valence-electron chi connectivity index (χ0n) is 16.5. The summed E-state index contributed by atoms with van der Waals surface area (Å²) < 4.78 is 5.18. The van der Waals surface area contributed by atoms with Gasteiger partial charge in [0.25, 0.3) is 0 Å². The molecule has 7 nitrogen and oxygen atoms in total. The number of carbonyl (C=O) groups is 2. The molecule has 0 aliphatic heterocycles. The van der Waals surface area contributed by atoms with E-state index in [1.165, 1.54) is 5.56 Å². The standard InChI is InChI=1S/C22H27N3O4/c1-29-19-7-4-6-18(13-19)20(14-22(27)28)25-21(26)8-3-2-5-16-9-11-17(12-10-16)15-24-23/h4,6-7,9-13,15,20H,2-3,5,8,14,23H2,1H3,(H,25,26)(H,27,28). The molecule has 0 fully saturated rings. The SMILES string of the molecule is COc1cccc(C(CC(=O)O)NC(=O)CCCCc2ccc(C=NN)cc2)c1. The Labute approximate surface area is 170 Å². The molecule has 1 atom stereocenters. The summed E-state index contributed by atoms with van der Waals surface area (Å²) >= 11 is 0. The van der Waals surface area contributed by atoms with Crippen molar-refractivity contribution in [2.75, 3.05) is 7.11 Å². The highest BCUT2D eigenvalue weighted by atomic mass is 16.5. The Bertz CT molecular complexity index is 834. The van der Waals surface area contributed by atoms with Gasteiger partial charge in [0.1, 0.15) is 5.75 Å². The third kappa shape index (κ3) is 7.65. The molecule has 2 aromatic rings. The smallest absolute Gasteiger partial charge is 0.305 e. The van der Waals surface area contributed by atoms with Gasteiger partial charge in [-0.05, 0) is 48.1 Å². The van der Waals surface area contributed by atoms with E-state index >= 15 is 0 Å². The zero-order valence-corrected chi connectivity index (χ0v) is 16.5. The van der Waals surface area contributed by atoms with E-state index in [0.717, 1.165) is 24.8 Å². The molecule has 4 N–H and O–H groups in total. The molecular weight excluding hydrogens is 370 g/mol. The largest absolute Gasteiger partial charge is 0.497 e. The molecule has 0 spiro atoms. The number of carbonyl (C=O) groups excluding carboxylic acids is 1. The first-order valence-electron chi connectivity index (χ1n) is 9.49. The van der Waals surface area contributed by atoms with E-state index in [2.05, 4.69) is 10.4 Å². The van der Waals surface area contributed by atoms with Crippen LogP contribution in [-0.4, -0.2) is 30.3 Å². The Morgan fingerprint density at radius 3 is 2.62 bits per heavy atom. The summed E-state index contributed by atoms with van der Waals surface area (Å²) in [5.74, 6) is 4.62. The van der Waals surface area contributed by atoms with E-state index < -0.39 is 12.0 Å². The van der Waals surface area contributed by atoms with E-state index in [1.807, 2.05) is 24.3 Å². The average Bonchev–Trinajstić information content (AvgIpc) is 2.72. The minimum Gasteiger partial charge on any atom is -0.497 e. The lowest BCUT2D eigenvalue weighted by molar-refractivity contribution is -0.137. The molecule has 1 unspecified atom stereocenters. The molecule has 0 saturated heterocycles. The molecule has 0 saturated carbocycles. The number of hydrogen-bond donors (Lipinski definition) is 3. The highest BCUT2D eigenvalue weighted by Gasteiger charge is 2.18. The lowest BCUT2D eigenvalue weighted by Gasteiger charge is -2.18. The number of methoxy groups -OCH3 is 1. The molecule has 1 amide bonds. The Hall–Kier alpha value is -3.35. The minimum atomic E-state index is -0.971. The number of hydrogen-bond acceptors (Lipinski definition) is 5. The Kier molecular flexibility index (Phi) is 8.69. The normalized spacial score (nSPS) is 11.9. The molecule has 29 heavy (non-hydrogen) atoms. The van der Waals surface area contributed by atoms with Gasteiger partial charge in [0.2, 0.25) is 5.91 Å². The third-order valence-corrected chi connectivity index (χ3v) is 4.53. The first-order chi connectivity index (χ1) is 14.0. The highest BCUT2D eigenvalue weighted by molar-refractivity contribution is 5.79. The number of rotatable bonds is 11. The number of hydrazone groups is 1. The first-order valence-corrected chi connectivity index (χ1v) is 9.49. The molecular formula is C22H27N3O4. The number of benzene rings is 2. The highest BCUT2D eigenvalue weighted by Crippen LogP contribution is 2.22. The number of unbranched alkanes of at least 4 members (excludes halogenated alkanes) is 1. The molecule has 0 aliphatic rings. The Morgan fingerprint density at radius 1 is 1.21 bits per heavy atom. The quantitative estimate of drug-likeness (QED) is 0.233. The second-order valence-electron chi connectivity index (χ2n) is 6.72. The van der Waals surface area contributed by atoms with Crippen LogP contribution in [0.15, 0.2) is 53.6 Å². The number of carboxylic acids is 1. The van der Waals surface area contributed by atoms with Crippen molar-refractivity contribution in [3.05, 3.63) is 65.2 Å². The number of nitrogens with zero attached hydrogens (tertiary/aromatic N) is 1. The van der Waals surface area contributed by atoms with Crippen LogP contribution in [0.4, 0.5) is 0 Å². The van der Waals surface area contributed by atoms with Gasteiger partial charge < -0.3 is 21.0 Å². The second kappa shape index (κ2) is 11.5. The predicted molar refractivity (Wildman–Crippen MR) is 112 cm³/mol. The minimum absolute atomic E-state index is 0.159. The lowest BCUT2D eigenvalue weighted by atomic mass is 10.0. The number of amides is 1. The second-order valence-corrected chi connectivity index (χ2v) is 6.72. The summed E-state index contributed by atoms with van der Waals surface area (Å²) in [5, 5.41) is 15.5. The molecule has 0 aromatic heterocycles. The van der Waals surface area contributed by atoms with Crippen LogP contribution in [0, 0.1) is 0 Å². The summed E-state index contributed by atoms with van der Waals surface area (Å²) in [6, 6.07) is 14.4. The van der Waals surface area contributed by atoms with Crippen molar-refractivity contribution in [2.45, 2.75) is 38.1 Å². The van der Waals surface area contributed by atoms with Crippen molar-refractivity contribution in [1.82, 2.24) is 5.32 Å². The summed E-state index contributed by atoms with van der Waals surface area (Å²) in [6.45, 7) is 0. The van der Waals surface area contributed by atoms with Gasteiger partial charge in [-0.3, -0.25) is 9.59 Å². The van der Waals surface area contributed by atoms with E-state index in [9.17, 15) is 14.7 Å². The number of ether oxygens (including phenoxy) is 1. The Balaban J connectivity index is 1.83. The van der Waals surface area contributed by atoms with Gasteiger partial charge in [-0.1, -0.05) is 36.4 Å². The van der Waals surface area contributed by atoms with E-state index in [0.29, 0.717) is 17.7 Å². The van der Waals surface area contributed by atoms with Crippen LogP contribution >= 0.6 is 0 Å². The maximum absolute atomic E-state index is 12.3. The molecule has 0 heterocycles. The van der Waals surface area contributed by atoms with Crippen molar-refractivity contribution >= 4 is 18.1 Å². The van der Waals surface area contributed by atoms with Gasteiger partial charge in [-0.15, -0.1) is 0 Å². The van der Waals surface area contributed by atoms with Crippen LogP contribution in [-0.2, 0) is 16.0 Å². The fourth-order valence-corrected chi connectivity index (χ4v) is 3.02. The zero-order chi connectivity index (χ0) is 21.1. The van der Waals surface area contributed by atoms with Gasteiger partial charge in [-0.2, -0.15) is 5.10 Å². The monoisotopic (exact) mass is 397 g/mol. The van der Waals surface area contributed by atoms with Crippen LogP contribution in [0.1, 0.15) is 48.4 Å². The van der Waals surface area contributed by atoms with Crippen molar-refractivity contribution in [3.8, 4) is 5.75 Å². The predicted octanol–water partition coefficient (Wildman–Crippen LogP) is 3.03. The van der Waals surface area contributed by atoms with Crippen LogP contribution in [0.25, 0.3) is 0 Å². The van der Waals surface area contributed by atoms with Gasteiger partial charge >= 0.3 is 5.97 Å². The lowest BCUT2D eigenvalue weighted by Crippen LogP contribution is -2.30. The van der Waals surface area contributed by atoms with Gasteiger partial charge in [0, 0.05) is 6.42 Å². The molecule has 0 radical (unpaired) electrons.